The van der Waals surface area contributed by atoms with Crippen LogP contribution in [-0.2, 0) is 9.47 Å². The Morgan fingerprint density at radius 1 is 0.667 bits per heavy atom. The van der Waals surface area contributed by atoms with E-state index in [9.17, 15) is 0 Å². The van der Waals surface area contributed by atoms with Crippen LogP contribution < -0.4 is 0 Å². The summed E-state index contributed by atoms with van der Waals surface area (Å²) in [5.41, 5.74) is 0. The molecule has 0 aromatic carbocycles. The second-order valence-electron chi connectivity index (χ2n) is 6.53. The van der Waals surface area contributed by atoms with Crippen LogP contribution in [0.5, 0.6) is 0 Å². The number of hydrogen-bond acceptors (Lipinski definition) is 2. The predicted molar refractivity (Wildman–Crippen MR) is 92.7 cm³/mol. The highest BCUT2D eigenvalue weighted by Gasteiger charge is 2.34. The molecule has 0 aliphatic carbocycles. The summed E-state index contributed by atoms with van der Waals surface area (Å²) in [5, 5.41) is 0. The van der Waals surface area contributed by atoms with Gasteiger partial charge in [-0.1, -0.05) is 73.1 Å². The molecular formula is C19H40O2. The van der Waals surface area contributed by atoms with E-state index in [1.165, 1.54) is 44.9 Å². The van der Waals surface area contributed by atoms with E-state index < -0.39 is 0 Å². The van der Waals surface area contributed by atoms with Gasteiger partial charge in [0.05, 0.1) is 0 Å². The third kappa shape index (κ3) is 9.52. The highest BCUT2D eigenvalue weighted by atomic mass is 16.7. The Hall–Kier alpha value is -0.0800. The van der Waals surface area contributed by atoms with Crippen molar-refractivity contribution in [3.63, 3.8) is 0 Å². The SMILES string of the molecule is CCCCCCCCCC(OCCC)(OCCC)C(C)C. The van der Waals surface area contributed by atoms with Crippen LogP contribution in [0.3, 0.4) is 0 Å². The van der Waals surface area contributed by atoms with Crippen molar-refractivity contribution in [2.24, 2.45) is 5.92 Å². The van der Waals surface area contributed by atoms with Crippen molar-refractivity contribution in [2.45, 2.75) is 105 Å². The molecule has 0 aromatic rings. The van der Waals surface area contributed by atoms with E-state index in [1.807, 2.05) is 0 Å². The first-order chi connectivity index (χ1) is 10.1. The van der Waals surface area contributed by atoms with Crippen LogP contribution in [-0.4, -0.2) is 19.0 Å². The standard InChI is InChI=1S/C19H40O2/c1-6-9-10-11-12-13-14-15-19(18(4)5,20-16-7-2)21-17-8-3/h18H,6-17H2,1-5H3. The van der Waals surface area contributed by atoms with Crippen LogP contribution in [0.15, 0.2) is 0 Å². The minimum Gasteiger partial charge on any atom is -0.350 e. The Labute approximate surface area is 134 Å². The van der Waals surface area contributed by atoms with Gasteiger partial charge in [-0.25, -0.2) is 0 Å². The van der Waals surface area contributed by atoms with Crippen molar-refractivity contribution in [1.29, 1.82) is 0 Å². The lowest BCUT2D eigenvalue weighted by molar-refractivity contribution is -0.266. The van der Waals surface area contributed by atoms with Gasteiger partial charge in [-0.05, 0) is 19.3 Å². The minimum absolute atomic E-state index is 0.352. The molecule has 2 heteroatoms. The van der Waals surface area contributed by atoms with E-state index in [4.69, 9.17) is 9.47 Å². The minimum atomic E-state index is -0.352. The fourth-order valence-corrected chi connectivity index (χ4v) is 2.69. The van der Waals surface area contributed by atoms with E-state index in [-0.39, 0.29) is 5.79 Å². The third-order valence-corrected chi connectivity index (χ3v) is 4.11. The Kier molecular flexibility index (Phi) is 13.5. The highest BCUT2D eigenvalue weighted by molar-refractivity contribution is 4.75. The fraction of sp³-hybridized carbons (Fsp3) is 1.00. The summed E-state index contributed by atoms with van der Waals surface area (Å²) in [6, 6.07) is 0. The molecule has 0 rings (SSSR count). The first-order valence-corrected chi connectivity index (χ1v) is 9.40. The number of unbranched alkanes of at least 4 members (excludes halogenated alkanes) is 6. The van der Waals surface area contributed by atoms with E-state index >= 15 is 0 Å². The van der Waals surface area contributed by atoms with Gasteiger partial charge < -0.3 is 9.47 Å². The van der Waals surface area contributed by atoms with Crippen LogP contribution >= 0.6 is 0 Å². The van der Waals surface area contributed by atoms with Gasteiger partial charge in [-0.2, -0.15) is 0 Å². The van der Waals surface area contributed by atoms with Gasteiger partial charge in [-0.3, -0.25) is 0 Å². The molecule has 0 fully saturated rings. The normalized spacial score (nSPS) is 12.3. The largest absolute Gasteiger partial charge is 0.350 e. The summed E-state index contributed by atoms with van der Waals surface area (Å²) in [6.07, 6.45) is 12.5. The van der Waals surface area contributed by atoms with Crippen LogP contribution in [0, 0.1) is 5.92 Å². The maximum Gasteiger partial charge on any atom is 0.170 e. The van der Waals surface area contributed by atoms with Crippen molar-refractivity contribution >= 4 is 0 Å². The third-order valence-electron chi connectivity index (χ3n) is 4.11. The van der Waals surface area contributed by atoms with E-state index in [0.717, 1.165) is 32.5 Å². The van der Waals surface area contributed by atoms with E-state index in [1.54, 1.807) is 0 Å². The van der Waals surface area contributed by atoms with Gasteiger partial charge in [-0.15, -0.1) is 0 Å². The summed E-state index contributed by atoms with van der Waals surface area (Å²) in [4.78, 5) is 0. The van der Waals surface area contributed by atoms with Gasteiger partial charge >= 0.3 is 0 Å². The topological polar surface area (TPSA) is 18.5 Å². The molecule has 0 heterocycles. The second kappa shape index (κ2) is 13.6. The molecule has 0 aliphatic rings. The number of ether oxygens (including phenoxy) is 2. The molecule has 0 saturated heterocycles. The average Bonchev–Trinajstić information content (AvgIpc) is 2.48. The molecule has 0 spiro atoms. The van der Waals surface area contributed by atoms with Gasteiger partial charge in [0.1, 0.15) is 0 Å². The van der Waals surface area contributed by atoms with Gasteiger partial charge in [0.15, 0.2) is 5.79 Å². The van der Waals surface area contributed by atoms with Crippen molar-refractivity contribution in [3.05, 3.63) is 0 Å². The van der Waals surface area contributed by atoms with Gasteiger partial charge in [0, 0.05) is 25.6 Å². The molecule has 0 N–H and O–H groups in total. The molecule has 2 nitrogen and oxygen atoms in total. The van der Waals surface area contributed by atoms with Crippen LogP contribution in [0.4, 0.5) is 0 Å². The lowest BCUT2D eigenvalue weighted by atomic mass is 9.95. The molecule has 0 bridgehead atoms. The maximum absolute atomic E-state index is 6.17. The fourth-order valence-electron chi connectivity index (χ4n) is 2.69. The molecule has 0 atom stereocenters. The van der Waals surface area contributed by atoms with Crippen LogP contribution in [0.1, 0.15) is 98.8 Å². The molecule has 0 unspecified atom stereocenters. The number of hydrogen-bond donors (Lipinski definition) is 0. The zero-order valence-electron chi connectivity index (χ0n) is 15.4. The Bertz CT molecular complexity index is 206. The van der Waals surface area contributed by atoms with Crippen molar-refractivity contribution in [2.75, 3.05) is 13.2 Å². The van der Waals surface area contributed by atoms with Crippen molar-refractivity contribution < 1.29 is 9.47 Å². The van der Waals surface area contributed by atoms with Gasteiger partial charge in [0.25, 0.3) is 0 Å². The molecule has 0 amide bonds. The maximum atomic E-state index is 6.17. The molecule has 21 heavy (non-hydrogen) atoms. The summed E-state index contributed by atoms with van der Waals surface area (Å²) < 4.78 is 12.3. The summed E-state index contributed by atoms with van der Waals surface area (Å²) >= 11 is 0. The van der Waals surface area contributed by atoms with E-state index in [0.29, 0.717) is 5.92 Å². The first kappa shape index (κ1) is 20.9. The lowest BCUT2D eigenvalue weighted by Crippen LogP contribution is -2.42. The van der Waals surface area contributed by atoms with Gasteiger partial charge in [0.2, 0.25) is 0 Å². The molecular weight excluding hydrogens is 260 g/mol. The Balaban J connectivity index is 4.17. The zero-order chi connectivity index (χ0) is 16.0. The van der Waals surface area contributed by atoms with Crippen molar-refractivity contribution in [1.82, 2.24) is 0 Å². The van der Waals surface area contributed by atoms with Crippen LogP contribution in [0.2, 0.25) is 0 Å². The molecule has 0 radical (unpaired) electrons. The average molecular weight is 301 g/mol. The molecule has 0 aliphatic heterocycles. The molecule has 0 saturated carbocycles. The highest BCUT2D eigenvalue weighted by Crippen LogP contribution is 2.30. The molecule has 0 aromatic heterocycles. The summed E-state index contributed by atoms with van der Waals surface area (Å²) in [6.45, 7) is 12.7. The smallest absolute Gasteiger partial charge is 0.170 e. The predicted octanol–water partition coefficient (Wildman–Crippen LogP) is 6.33. The zero-order valence-corrected chi connectivity index (χ0v) is 15.4. The number of rotatable bonds is 15. The quantitative estimate of drug-likeness (QED) is 0.260. The Morgan fingerprint density at radius 2 is 1.14 bits per heavy atom. The second-order valence-corrected chi connectivity index (χ2v) is 6.53. The lowest BCUT2D eigenvalue weighted by Gasteiger charge is -2.37. The van der Waals surface area contributed by atoms with E-state index in [2.05, 4.69) is 34.6 Å². The first-order valence-electron chi connectivity index (χ1n) is 9.40. The molecule has 128 valence electrons. The Morgan fingerprint density at radius 3 is 1.57 bits per heavy atom. The van der Waals surface area contributed by atoms with Crippen LogP contribution in [0.25, 0.3) is 0 Å². The summed E-state index contributed by atoms with van der Waals surface area (Å²) in [5.74, 6) is 0.0609. The van der Waals surface area contributed by atoms with Crippen molar-refractivity contribution in [3.8, 4) is 0 Å². The summed E-state index contributed by atoms with van der Waals surface area (Å²) in [7, 11) is 0. The monoisotopic (exact) mass is 300 g/mol.